The van der Waals surface area contributed by atoms with Gasteiger partial charge < -0.3 is 4.90 Å². The topological polar surface area (TPSA) is 3.24 Å². The van der Waals surface area contributed by atoms with Crippen LogP contribution in [0.1, 0.15) is 12.0 Å². The summed E-state index contributed by atoms with van der Waals surface area (Å²) in [6.07, 6.45) is 7.98. The molecule has 0 bridgehead atoms. The quantitative estimate of drug-likeness (QED) is 0.204. The van der Waals surface area contributed by atoms with Crippen molar-refractivity contribution in [2.24, 2.45) is 0 Å². The van der Waals surface area contributed by atoms with Crippen LogP contribution in [-0.2, 0) is 0 Å². The van der Waals surface area contributed by atoms with Gasteiger partial charge in [-0.1, -0.05) is 121 Å². The fourth-order valence-electron chi connectivity index (χ4n) is 6.23. The largest absolute Gasteiger partial charge is 0.334 e. The van der Waals surface area contributed by atoms with Crippen LogP contribution in [0, 0.1) is 0 Å². The van der Waals surface area contributed by atoms with Gasteiger partial charge in [-0.3, -0.25) is 0 Å². The number of thiophene rings is 1. The van der Waals surface area contributed by atoms with Crippen LogP contribution < -0.4 is 4.90 Å². The summed E-state index contributed by atoms with van der Waals surface area (Å²) in [6, 6.07) is 51.0. The van der Waals surface area contributed by atoms with Crippen molar-refractivity contribution in [3.05, 3.63) is 163 Å². The van der Waals surface area contributed by atoms with Crippen molar-refractivity contribution in [3.63, 3.8) is 0 Å². The third-order valence-electron chi connectivity index (χ3n) is 8.38. The van der Waals surface area contributed by atoms with E-state index < -0.39 is 0 Å². The summed E-state index contributed by atoms with van der Waals surface area (Å²) in [5, 5.41) is 5.21. The minimum atomic E-state index is 0.218. The molecule has 6 aromatic carbocycles. The minimum absolute atomic E-state index is 0.218. The van der Waals surface area contributed by atoms with Crippen molar-refractivity contribution in [2.45, 2.75) is 12.5 Å². The standard InChI is InChI=1S/C40H29NS/c1-2-8-28(9-3-1)30-16-20-34(21-17-30)41(36-24-25-38-37-12-6-7-13-39(37)42-40(38)27-36)35-22-18-31(19-23-35)33-15-14-29-10-4-5-11-32(29)26-33/h1-20,22-27,34H,21H2. The average molecular weight is 556 g/mol. The van der Waals surface area contributed by atoms with Gasteiger partial charge in [-0.05, 0) is 75.9 Å². The normalized spacial score (nSPS) is 14.9. The summed E-state index contributed by atoms with van der Waals surface area (Å²) >= 11 is 1.88. The van der Waals surface area contributed by atoms with Crippen LogP contribution in [-0.4, -0.2) is 6.04 Å². The van der Waals surface area contributed by atoms with Crippen LogP contribution in [0.4, 0.5) is 11.4 Å². The van der Waals surface area contributed by atoms with Crippen molar-refractivity contribution < 1.29 is 0 Å². The van der Waals surface area contributed by atoms with Crippen molar-refractivity contribution in [1.82, 2.24) is 0 Å². The number of hydrogen-bond donors (Lipinski definition) is 0. The highest BCUT2D eigenvalue weighted by Gasteiger charge is 2.22. The van der Waals surface area contributed by atoms with Gasteiger partial charge in [-0.25, -0.2) is 0 Å². The monoisotopic (exact) mass is 555 g/mol. The number of fused-ring (bicyclic) bond motifs is 4. The lowest BCUT2D eigenvalue weighted by Gasteiger charge is -2.33. The lowest BCUT2D eigenvalue weighted by atomic mass is 9.95. The lowest BCUT2D eigenvalue weighted by Crippen LogP contribution is -2.30. The average Bonchev–Trinajstić information content (AvgIpc) is 3.44. The van der Waals surface area contributed by atoms with Gasteiger partial charge in [-0.2, -0.15) is 0 Å². The zero-order valence-corrected chi connectivity index (χ0v) is 24.0. The Kier molecular flexibility index (Phi) is 6.20. The Morgan fingerprint density at radius 1 is 0.524 bits per heavy atom. The third-order valence-corrected chi connectivity index (χ3v) is 9.52. The van der Waals surface area contributed by atoms with E-state index in [4.69, 9.17) is 0 Å². The second-order valence-electron chi connectivity index (χ2n) is 10.9. The fraction of sp³-hybridized carbons (Fsp3) is 0.0500. The molecule has 1 heterocycles. The SMILES string of the molecule is C1=CC(N(c2ccc(-c3ccc4ccccc4c3)cc2)c2ccc3c(c2)sc2ccccc23)CC=C1c1ccccc1. The summed E-state index contributed by atoms with van der Waals surface area (Å²) < 4.78 is 2.66. The van der Waals surface area contributed by atoms with E-state index in [0.29, 0.717) is 0 Å². The van der Waals surface area contributed by atoms with E-state index in [-0.39, 0.29) is 6.04 Å². The summed E-state index contributed by atoms with van der Waals surface area (Å²) in [6.45, 7) is 0. The first-order chi connectivity index (χ1) is 20.8. The Morgan fingerprint density at radius 3 is 2.07 bits per heavy atom. The summed E-state index contributed by atoms with van der Waals surface area (Å²) in [5.41, 5.74) is 7.45. The fourth-order valence-corrected chi connectivity index (χ4v) is 7.36. The molecule has 0 fully saturated rings. The maximum atomic E-state index is 2.50. The highest BCUT2D eigenvalue weighted by atomic mass is 32.1. The van der Waals surface area contributed by atoms with Gasteiger partial charge in [0.15, 0.2) is 0 Å². The first-order valence-electron chi connectivity index (χ1n) is 14.5. The van der Waals surface area contributed by atoms with Crippen molar-refractivity contribution in [1.29, 1.82) is 0 Å². The maximum absolute atomic E-state index is 2.50. The van der Waals surface area contributed by atoms with Crippen LogP contribution in [0.3, 0.4) is 0 Å². The Hall–Kier alpha value is -4.92. The zero-order chi connectivity index (χ0) is 27.9. The van der Waals surface area contributed by atoms with E-state index >= 15 is 0 Å². The van der Waals surface area contributed by atoms with Crippen LogP contribution in [0.5, 0.6) is 0 Å². The highest BCUT2D eigenvalue weighted by Crippen LogP contribution is 2.40. The molecule has 0 radical (unpaired) electrons. The molecule has 1 nitrogen and oxygen atoms in total. The molecule has 1 aliphatic rings. The molecule has 0 spiro atoms. The summed E-state index contributed by atoms with van der Waals surface area (Å²) in [5.74, 6) is 0. The Bertz CT molecular complexity index is 2120. The van der Waals surface area contributed by atoms with Crippen molar-refractivity contribution in [3.8, 4) is 11.1 Å². The van der Waals surface area contributed by atoms with Gasteiger partial charge in [0.25, 0.3) is 0 Å². The number of rotatable bonds is 5. The van der Waals surface area contributed by atoms with Gasteiger partial charge in [-0.15, -0.1) is 11.3 Å². The molecule has 0 N–H and O–H groups in total. The van der Waals surface area contributed by atoms with Crippen molar-refractivity contribution in [2.75, 3.05) is 4.90 Å². The molecule has 1 atom stereocenters. The van der Waals surface area contributed by atoms with Gasteiger partial charge in [0.05, 0.1) is 6.04 Å². The molecule has 7 aromatic rings. The molecule has 0 saturated carbocycles. The maximum Gasteiger partial charge on any atom is 0.0560 e. The number of allylic oxidation sites excluding steroid dienone is 2. The van der Waals surface area contributed by atoms with Crippen LogP contribution >= 0.6 is 11.3 Å². The van der Waals surface area contributed by atoms with Crippen LogP contribution in [0.15, 0.2) is 158 Å². The Morgan fingerprint density at radius 2 is 1.24 bits per heavy atom. The minimum Gasteiger partial charge on any atom is -0.334 e. The molecule has 1 aliphatic carbocycles. The molecule has 200 valence electrons. The molecule has 42 heavy (non-hydrogen) atoms. The number of nitrogens with zero attached hydrogens (tertiary/aromatic N) is 1. The molecule has 8 rings (SSSR count). The van der Waals surface area contributed by atoms with Gasteiger partial charge in [0.2, 0.25) is 0 Å². The summed E-state index contributed by atoms with van der Waals surface area (Å²) in [4.78, 5) is 2.50. The number of benzene rings is 6. The second-order valence-corrected chi connectivity index (χ2v) is 12.0. The smallest absolute Gasteiger partial charge is 0.0560 e. The van der Waals surface area contributed by atoms with E-state index in [2.05, 4.69) is 163 Å². The summed E-state index contributed by atoms with van der Waals surface area (Å²) in [7, 11) is 0. The molecule has 2 heteroatoms. The molecular weight excluding hydrogens is 527 g/mol. The second kappa shape index (κ2) is 10.5. The molecule has 0 saturated heterocycles. The molecule has 0 aliphatic heterocycles. The first-order valence-corrected chi connectivity index (χ1v) is 15.4. The van der Waals surface area contributed by atoms with Crippen LogP contribution in [0.25, 0.3) is 47.6 Å². The molecule has 1 unspecified atom stereocenters. The third kappa shape index (κ3) is 4.51. The highest BCUT2D eigenvalue weighted by molar-refractivity contribution is 7.25. The van der Waals surface area contributed by atoms with E-state index in [9.17, 15) is 0 Å². The molecule has 0 amide bonds. The lowest BCUT2D eigenvalue weighted by molar-refractivity contribution is 0.787. The van der Waals surface area contributed by atoms with Gasteiger partial charge in [0, 0.05) is 31.5 Å². The Labute approximate surface area is 250 Å². The van der Waals surface area contributed by atoms with Crippen molar-refractivity contribution >= 4 is 59.2 Å². The number of hydrogen-bond acceptors (Lipinski definition) is 2. The Balaban J connectivity index is 1.18. The van der Waals surface area contributed by atoms with E-state index in [1.807, 2.05) is 11.3 Å². The van der Waals surface area contributed by atoms with Gasteiger partial charge >= 0.3 is 0 Å². The first kappa shape index (κ1) is 24.8. The predicted octanol–water partition coefficient (Wildman–Crippen LogP) is 11.4. The number of anilines is 2. The van der Waals surface area contributed by atoms with Gasteiger partial charge in [0.1, 0.15) is 0 Å². The van der Waals surface area contributed by atoms with E-state index in [0.717, 1.165) is 6.42 Å². The van der Waals surface area contributed by atoms with E-state index in [1.54, 1.807) is 0 Å². The molecule has 1 aromatic heterocycles. The van der Waals surface area contributed by atoms with E-state index in [1.165, 1.54) is 64.6 Å². The molecular formula is C40H29NS. The van der Waals surface area contributed by atoms with Crippen LogP contribution in [0.2, 0.25) is 0 Å². The predicted molar refractivity (Wildman–Crippen MR) is 183 cm³/mol. The zero-order valence-electron chi connectivity index (χ0n) is 23.2.